The number of hydrogen-bond donors (Lipinski definition) is 1. The molecule has 2 aliphatic rings. The lowest BCUT2D eigenvalue weighted by molar-refractivity contribution is -0.281. The van der Waals surface area contributed by atoms with Crippen molar-refractivity contribution < 1.29 is 27.4 Å². The molecular formula is C16H18ClF3N2O3. The Morgan fingerprint density at radius 3 is 2.44 bits per heavy atom. The molecule has 1 N–H and O–H groups in total. The van der Waals surface area contributed by atoms with Crippen LogP contribution in [0.5, 0.6) is 0 Å². The second-order valence-corrected chi connectivity index (χ2v) is 6.48. The molecule has 0 atom stereocenters. The minimum Gasteiger partial charge on any atom is -0.350 e. The summed E-state index contributed by atoms with van der Waals surface area (Å²) in [6, 6.07) is 2.33. The van der Waals surface area contributed by atoms with Gasteiger partial charge >= 0.3 is 12.2 Å². The molecule has 0 aromatic heterocycles. The predicted molar refractivity (Wildman–Crippen MR) is 85.5 cm³/mol. The van der Waals surface area contributed by atoms with Crippen LogP contribution in [0.2, 0.25) is 5.02 Å². The zero-order chi connectivity index (χ0) is 18.1. The molecule has 2 aliphatic heterocycles. The van der Waals surface area contributed by atoms with Crippen molar-refractivity contribution in [3.63, 3.8) is 0 Å². The maximum Gasteiger partial charge on any atom is 0.416 e. The van der Waals surface area contributed by atoms with Crippen LogP contribution in [0.3, 0.4) is 0 Å². The van der Waals surface area contributed by atoms with Crippen LogP contribution in [0, 0.1) is 0 Å². The highest BCUT2D eigenvalue weighted by Gasteiger charge is 2.39. The first-order valence-corrected chi connectivity index (χ1v) is 8.37. The summed E-state index contributed by atoms with van der Waals surface area (Å²) in [6.45, 7) is 2.04. The van der Waals surface area contributed by atoms with Crippen molar-refractivity contribution >= 4 is 23.3 Å². The van der Waals surface area contributed by atoms with Gasteiger partial charge in [0.05, 0.1) is 29.5 Å². The van der Waals surface area contributed by atoms with Crippen molar-refractivity contribution in [3.05, 3.63) is 28.8 Å². The van der Waals surface area contributed by atoms with Gasteiger partial charge in [-0.2, -0.15) is 13.2 Å². The molecule has 0 aliphatic carbocycles. The highest BCUT2D eigenvalue weighted by atomic mass is 35.5. The zero-order valence-electron chi connectivity index (χ0n) is 13.4. The van der Waals surface area contributed by atoms with Gasteiger partial charge in [-0.05, 0) is 24.6 Å². The third-order valence-corrected chi connectivity index (χ3v) is 4.70. The topological polar surface area (TPSA) is 50.8 Å². The van der Waals surface area contributed by atoms with Crippen LogP contribution in [-0.4, -0.2) is 43.0 Å². The Morgan fingerprint density at radius 1 is 1.20 bits per heavy atom. The fourth-order valence-electron chi connectivity index (χ4n) is 2.95. The molecular weight excluding hydrogens is 361 g/mol. The van der Waals surface area contributed by atoms with Crippen molar-refractivity contribution in [1.29, 1.82) is 0 Å². The summed E-state index contributed by atoms with van der Waals surface area (Å²) in [6.07, 6.45) is -2.61. The predicted octanol–water partition coefficient (Wildman–Crippen LogP) is 4.12. The third kappa shape index (κ3) is 4.19. The van der Waals surface area contributed by atoms with Crippen molar-refractivity contribution in [3.8, 4) is 0 Å². The van der Waals surface area contributed by atoms with E-state index in [1.165, 1.54) is 4.90 Å². The van der Waals surface area contributed by atoms with E-state index in [2.05, 4.69) is 5.32 Å². The zero-order valence-corrected chi connectivity index (χ0v) is 14.1. The summed E-state index contributed by atoms with van der Waals surface area (Å²) in [5.41, 5.74) is -0.930. The normalized spacial score (nSPS) is 20.6. The first-order chi connectivity index (χ1) is 11.8. The second-order valence-electron chi connectivity index (χ2n) is 6.07. The number of halogens is 4. The summed E-state index contributed by atoms with van der Waals surface area (Å²) < 4.78 is 49.8. The molecule has 9 heteroatoms. The van der Waals surface area contributed by atoms with E-state index in [-0.39, 0.29) is 10.7 Å². The highest BCUT2D eigenvalue weighted by Crippen LogP contribution is 2.34. The summed E-state index contributed by atoms with van der Waals surface area (Å²) in [5, 5.41) is 2.51. The van der Waals surface area contributed by atoms with Gasteiger partial charge in [-0.3, -0.25) is 0 Å². The minimum absolute atomic E-state index is 0.0498. The number of nitrogens with one attached hydrogen (secondary N) is 1. The molecule has 2 amide bonds. The molecule has 2 heterocycles. The highest BCUT2D eigenvalue weighted by molar-refractivity contribution is 6.33. The van der Waals surface area contributed by atoms with Gasteiger partial charge in [0.1, 0.15) is 0 Å². The first-order valence-electron chi connectivity index (χ1n) is 8.00. The number of benzene rings is 1. The van der Waals surface area contributed by atoms with E-state index in [1.54, 1.807) is 0 Å². The fourth-order valence-corrected chi connectivity index (χ4v) is 3.11. The molecule has 0 bridgehead atoms. The average molecular weight is 379 g/mol. The summed E-state index contributed by atoms with van der Waals surface area (Å²) in [4.78, 5) is 13.9. The number of ether oxygens (including phenoxy) is 2. The number of carbonyl (C=O) groups is 1. The van der Waals surface area contributed by atoms with E-state index in [0.29, 0.717) is 39.1 Å². The van der Waals surface area contributed by atoms with Gasteiger partial charge in [0, 0.05) is 25.9 Å². The molecule has 0 unspecified atom stereocenters. The molecule has 25 heavy (non-hydrogen) atoms. The molecule has 3 rings (SSSR count). The summed E-state index contributed by atoms with van der Waals surface area (Å²) >= 11 is 5.91. The average Bonchev–Trinajstić information content (AvgIpc) is 2.57. The smallest absolute Gasteiger partial charge is 0.350 e. The van der Waals surface area contributed by atoms with Crippen LogP contribution >= 0.6 is 11.6 Å². The summed E-state index contributed by atoms with van der Waals surface area (Å²) in [5.74, 6) is -0.636. The van der Waals surface area contributed by atoms with Crippen LogP contribution < -0.4 is 5.32 Å². The SMILES string of the molecule is O=C(Nc1cc(C(F)(F)F)ccc1Cl)N1CCC2(CC1)OCCCO2. The Hall–Kier alpha value is -1.51. The number of amides is 2. The number of piperidine rings is 1. The van der Waals surface area contributed by atoms with E-state index in [1.807, 2.05) is 0 Å². The van der Waals surface area contributed by atoms with Crippen molar-refractivity contribution in [2.45, 2.75) is 31.2 Å². The van der Waals surface area contributed by atoms with E-state index >= 15 is 0 Å². The van der Waals surface area contributed by atoms with Crippen LogP contribution in [-0.2, 0) is 15.7 Å². The number of anilines is 1. The first kappa shape index (κ1) is 18.3. The third-order valence-electron chi connectivity index (χ3n) is 4.37. The Kier molecular flexibility index (Phi) is 5.13. The number of hydrogen-bond acceptors (Lipinski definition) is 3. The quantitative estimate of drug-likeness (QED) is 0.799. The van der Waals surface area contributed by atoms with Gasteiger partial charge in [0.2, 0.25) is 0 Å². The Morgan fingerprint density at radius 2 is 1.84 bits per heavy atom. The molecule has 138 valence electrons. The van der Waals surface area contributed by atoms with Crippen LogP contribution in [0.25, 0.3) is 0 Å². The standard InChI is InChI=1S/C16H18ClF3N2O3/c17-12-3-2-11(16(18,19)20)10-13(12)21-14(23)22-6-4-15(5-7-22)24-8-1-9-25-15/h2-3,10H,1,4-9H2,(H,21,23). The molecule has 2 saturated heterocycles. The molecule has 1 aromatic carbocycles. The van der Waals surface area contributed by atoms with Crippen LogP contribution in [0.15, 0.2) is 18.2 Å². The largest absolute Gasteiger partial charge is 0.416 e. The van der Waals surface area contributed by atoms with Crippen molar-refractivity contribution in [2.24, 2.45) is 0 Å². The Labute approximate surface area is 148 Å². The van der Waals surface area contributed by atoms with Gasteiger partial charge in [-0.15, -0.1) is 0 Å². The minimum atomic E-state index is -4.50. The van der Waals surface area contributed by atoms with E-state index in [4.69, 9.17) is 21.1 Å². The number of alkyl halides is 3. The number of rotatable bonds is 1. The number of urea groups is 1. The number of nitrogens with zero attached hydrogens (tertiary/aromatic N) is 1. The van der Waals surface area contributed by atoms with E-state index in [9.17, 15) is 18.0 Å². The molecule has 1 spiro atoms. The summed E-state index contributed by atoms with van der Waals surface area (Å²) in [7, 11) is 0. The van der Waals surface area contributed by atoms with Crippen molar-refractivity contribution in [2.75, 3.05) is 31.6 Å². The molecule has 0 saturated carbocycles. The second kappa shape index (κ2) is 7.01. The van der Waals surface area contributed by atoms with E-state index in [0.717, 1.165) is 24.6 Å². The maximum atomic E-state index is 12.8. The Balaban J connectivity index is 1.63. The van der Waals surface area contributed by atoms with Gasteiger partial charge in [-0.1, -0.05) is 11.6 Å². The molecule has 2 fully saturated rings. The van der Waals surface area contributed by atoms with Gasteiger partial charge in [0.25, 0.3) is 0 Å². The monoisotopic (exact) mass is 378 g/mol. The Bertz CT molecular complexity index is 638. The van der Waals surface area contributed by atoms with Gasteiger partial charge in [-0.25, -0.2) is 4.79 Å². The molecule has 5 nitrogen and oxygen atoms in total. The fraction of sp³-hybridized carbons (Fsp3) is 0.562. The number of likely N-dealkylation sites (tertiary alicyclic amines) is 1. The lowest BCUT2D eigenvalue weighted by Crippen LogP contribution is -2.52. The molecule has 1 aromatic rings. The van der Waals surface area contributed by atoms with Gasteiger partial charge in [0.15, 0.2) is 5.79 Å². The number of carbonyl (C=O) groups excluding carboxylic acids is 1. The van der Waals surface area contributed by atoms with Crippen molar-refractivity contribution in [1.82, 2.24) is 4.90 Å². The van der Waals surface area contributed by atoms with Gasteiger partial charge < -0.3 is 19.7 Å². The van der Waals surface area contributed by atoms with Crippen LogP contribution in [0.1, 0.15) is 24.8 Å². The van der Waals surface area contributed by atoms with Crippen LogP contribution in [0.4, 0.5) is 23.7 Å². The lowest BCUT2D eigenvalue weighted by atomic mass is 10.0. The maximum absolute atomic E-state index is 12.8. The van der Waals surface area contributed by atoms with E-state index < -0.39 is 23.6 Å². The molecule has 0 radical (unpaired) electrons. The lowest BCUT2D eigenvalue weighted by Gasteiger charge is -2.43.